The average molecular weight is 1220 g/mol. The van der Waals surface area contributed by atoms with Crippen LogP contribution >= 0.6 is 68.0 Å². The number of hydrogen-bond acceptors (Lipinski definition) is 9. The van der Waals surface area contributed by atoms with Crippen molar-refractivity contribution in [1.82, 2.24) is 0 Å². The van der Waals surface area contributed by atoms with E-state index in [0.717, 1.165) is 71.4 Å². The Labute approximate surface area is 523 Å². The van der Waals surface area contributed by atoms with Gasteiger partial charge in [0, 0.05) is 102 Å². The fraction of sp³-hybridized carbons (Fsp3) is 0.373. The van der Waals surface area contributed by atoms with E-state index < -0.39 is 0 Å². The van der Waals surface area contributed by atoms with Gasteiger partial charge in [0.25, 0.3) is 0 Å². The lowest BCUT2D eigenvalue weighted by Crippen LogP contribution is -2.01. The van der Waals surface area contributed by atoms with Crippen LogP contribution in [0.2, 0.25) is 0 Å². The van der Waals surface area contributed by atoms with E-state index in [-0.39, 0.29) is 22.9 Å². The van der Waals surface area contributed by atoms with Crippen LogP contribution in [0.1, 0.15) is 212 Å². The van der Waals surface area contributed by atoms with Gasteiger partial charge in [0.1, 0.15) is 0 Å². The number of carbonyl (C=O) groups is 3. The fourth-order valence-electron chi connectivity index (χ4n) is 12.7. The SMILES string of the molecule is C=C1/C(=C/c2cc(CCCCCC)c(-c3cc4c(-c5ccc(CC(CC)CCCC)s5)c5sc(-c6sc(C=C7C(=O)c8ccccc8C7=O)cc6CCCCCC)cc5c(-c5ccc(CC(CC)CCCC)s5)c4s3)s2)C(=O)c2ccccc21. The van der Waals surface area contributed by atoms with Gasteiger partial charge in [-0.25, -0.2) is 0 Å². The Morgan fingerprint density at radius 3 is 1.27 bits per heavy atom. The first-order valence-electron chi connectivity index (χ1n) is 31.5. The fourth-order valence-corrected chi connectivity index (χ4v) is 20.3. The van der Waals surface area contributed by atoms with Crippen LogP contribution in [0.3, 0.4) is 0 Å². The zero-order chi connectivity index (χ0) is 58.4. The minimum atomic E-state index is -0.178. The molecular weight excluding hydrogens is 1140 g/mol. The van der Waals surface area contributed by atoms with Gasteiger partial charge in [-0.15, -0.1) is 68.0 Å². The number of thiophene rings is 6. The van der Waals surface area contributed by atoms with Crippen LogP contribution < -0.4 is 0 Å². The summed E-state index contributed by atoms with van der Waals surface area (Å²) >= 11 is 11.5. The van der Waals surface area contributed by atoms with Gasteiger partial charge in [-0.2, -0.15) is 0 Å². The lowest BCUT2D eigenvalue weighted by molar-refractivity contribution is 0.0988. The van der Waals surface area contributed by atoms with Crippen molar-refractivity contribution in [2.24, 2.45) is 11.8 Å². The molecule has 2 atom stereocenters. The van der Waals surface area contributed by atoms with Gasteiger partial charge in [-0.1, -0.05) is 187 Å². The van der Waals surface area contributed by atoms with E-state index in [9.17, 15) is 14.4 Å². The summed E-state index contributed by atoms with van der Waals surface area (Å²) in [5.74, 6) is 1.03. The van der Waals surface area contributed by atoms with Gasteiger partial charge >= 0.3 is 0 Å². The van der Waals surface area contributed by atoms with Crippen LogP contribution in [0.4, 0.5) is 0 Å². The molecule has 6 aromatic heterocycles. The van der Waals surface area contributed by atoms with E-state index in [1.807, 2.05) is 99.2 Å². The molecule has 9 aromatic rings. The molecule has 0 spiro atoms. The Kier molecular flexibility index (Phi) is 19.8. The number of Topliss-reactive ketones (excluding diaryl/α,β-unsaturated/α-hetero) is 3. The van der Waals surface area contributed by atoms with Crippen molar-refractivity contribution in [3.63, 3.8) is 0 Å². The van der Waals surface area contributed by atoms with Crippen LogP contribution in [-0.2, 0) is 25.7 Å². The number of aryl methyl sites for hydroxylation is 2. The maximum Gasteiger partial charge on any atom is 0.197 e. The summed E-state index contributed by atoms with van der Waals surface area (Å²) in [5, 5.41) is 2.62. The molecule has 3 nitrogen and oxygen atoms in total. The molecule has 0 radical (unpaired) electrons. The van der Waals surface area contributed by atoms with Crippen LogP contribution in [-0.4, -0.2) is 17.3 Å². The molecule has 6 heterocycles. The maximum absolute atomic E-state index is 14.0. The van der Waals surface area contributed by atoms with Crippen molar-refractivity contribution in [1.29, 1.82) is 0 Å². The molecular formula is C75H80O3S6. The lowest BCUT2D eigenvalue weighted by Gasteiger charge is -2.13. The highest BCUT2D eigenvalue weighted by Gasteiger charge is 2.34. The molecule has 9 heteroatoms. The third-order valence-electron chi connectivity index (χ3n) is 17.6. The first kappa shape index (κ1) is 60.3. The van der Waals surface area contributed by atoms with Crippen LogP contribution in [0.15, 0.2) is 115 Å². The normalized spacial score (nSPS) is 14.5. The summed E-state index contributed by atoms with van der Waals surface area (Å²) in [7, 11) is 0. The molecule has 0 aliphatic heterocycles. The predicted octanol–water partition coefficient (Wildman–Crippen LogP) is 24.5. The number of hydrogen-bond donors (Lipinski definition) is 0. The Morgan fingerprint density at radius 2 is 0.845 bits per heavy atom. The lowest BCUT2D eigenvalue weighted by atomic mass is 9.95. The third-order valence-corrected chi connectivity index (χ3v) is 24.8. The number of carbonyl (C=O) groups excluding carboxylic acids is 3. The molecule has 434 valence electrons. The third kappa shape index (κ3) is 12.6. The van der Waals surface area contributed by atoms with Gasteiger partial charge < -0.3 is 0 Å². The van der Waals surface area contributed by atoms with Crippen molar-refractivity contribution in [3.05, 3.63) is 168 Å². The number of ketones is 3. The van der Waals surface area contributed by atoms with Crippen molar-refractivity contribution in [2.45, 2.75) is 170 Å². The van der Waals surface area contributed by atoms with Crippen molar-refractivity contribution in [3.8, 4) is 40.4 Å². The summed E-state index contributed by atoms with van der Waals surface area (Å²) in [5.41, 5.74) is 9.79. The van der Waals surface area contributed by atoms with Crippen LogP contribution in [0.25, 0.3) is 78.3 Å². The quantitative estimate of drug-likeness (QED) is 0.0279. The van der Waals surface area contributed by atoms with E-state index in [0.29, 0.717) is 28.5 Å². The van der Waals surface area contributed by atoms with Crippen molar-refractivity contribution < 1.29 is 14.4 Å². The number of allylic oxidation sites excluding steroid dienone is 3. The molecule has 2 unspecified atom stereocenters. The molecule has 0 amide bonds. The topological polar surface area (TPSA) is 51.2 Å². The van der Waals surface area contributed by atoms with E-state index in [4.69, 9.17) is 0 Å². The number of benzene rings is 3. The van der Waals surface area contributed by atoms with Gasteiger partial charge in [0.15, 0.2) is 17.3 Å². The minimum absolute atomic E-state index is 0.0620. The molecule has 0 N–H and O–H groups in total. The number of unbranched alkanes of at least 4 members (excludes halogenated alkanes) is 8. The molecule has 0 saturated heterocycles. The highest BCUT2D eigenvalue weighted by molar-refractivity contribution is 7.29. The molecule has 2 aliphatic carbocycles. The molecule has 11 rings (SSSR count). The Balaban J connectivity index is 1.13. The second-order valence-electron chi connectivity index (χ2n) is 23.5. The molecule has 2 aliphatic rings. The summed E-state index contributed by atoms with van der Waals surface area (Å²) < 4.78 is 2.66. The van der Waals surface area contributed by atoms with E-state index >= 15 is 0 Å². The van der Waals surface area contributed by atoms with Gasteiger partial charge in [-0.05, 0) is 133 Å². The monoisotopic (exact) mass is 1220 g/mol. The standard InChI is InChI=1S/C75H80O3S6/c1-8-14-18-20-28-49-40-53(42-59-46(7)55-30-22-23-31-56(55)69(59)76)81-72(49)65-44-60-67(63-36-34-51(79-63)38-47(12-5)26-16-10-3)75-61(68(74(60)83-65)64-37-35-52(80-64)39-48(13-6)27-17-11-4)45-66(84-75)73-50(29-21-19-15-9-2)41-54(82-73)43-62-70(77)57-32-24-25-33-58(57)71(62)78/h22-25,30-37,40-45,47-48H,7-21,26-29,38-39H2,1-6H3/b59-42-. The zero-order valence-electron chi connectivity index (χ0n) is 50.1. The van der Waals surface area contributed by atoms with Crippen LogP contribution in [0.5, 0.6) is 0 Å². The predicted molar refractivity (Wildman–Crippen MR) is 371 cm³/mol. The zero-order valence-corrected chi connectivity index (χ0v) is 55.0. The summed E-state index contributed by atoms with van der Waals surface area (Å²) in [6.07, 6.45) is 27.3. The number of fused-ring (bicyclic) bond motifs is 4. The Morgan fingerprint density at radius 1 is 0.429 bits per heavy atom. The highest BCUT2D eigenvalue weighted by atomic mass is 32.1. The molecule has 84 heavy (non-hydrogen) atoms. The largest absolute Gasteiger partial charge is 0.289 e. The first-order chi connectivity index (χ1) is 41.0. The highest BCUT2D eigenvalue weighted by Crippen LogP contribution is 2.56. The van der Waals surface area contributed by atoms with Gasteiger partial charge in [0.2, 0.25) is 0 Å². The summed E-state index contributed by atoms with van der Waals surface area (Å²) in [6, 6.07) is 34.6. The smallest absolute Gasteiger partial charge is 0.197 e. The maximum atomic E-state index is 14.0. The van der Waals surface area contributed by atoms with E-state index in [2.05, 4.69) is 103 Å². The first-order valence-corrected chi connectivity index (χ1v) is 36.4. The molecule has 0 fully saturated rings. The number of rotatable bonds is 28. The Hall–Kier alpha value is -5.39. The molecule has 3 aromatic carbocycles. The summed E-state index contributed by atoms with van der Waals surface area (Å²) in [4.78, 5) is 54.5. The van der Waals surface area contributed by atoms with Gasteiger partial charge in [0.05, 0.1) is 5.57 Å². The Bertz CT molecular complexity index is 3560. The molecule has 0 bridgehead atoms. The van der Waals surface area contributed by atoms with E-state index in [1.165, 1.54) is 165 Å². The van der Waals surface area contributed by atoms with Gasteiger partial charge in [-0.3, -0.25) is 14.4 Å². The second kappa shape index (κ2) is 27.5. The van der Waals surface area contributed by atoms with Crippen molar-refractivity contribution >= 4 is 123 Å². The summed E-state index contributed by atoms with van der Waals surface area (Å²) in [6.45, 7) is 18.4. The second-order valence-corrected chi connectivity index (χ2v) is 30.1. The molecule has 0 saturated carbocycles. The van der Waals surface area contributed by atoms with Crippen molar-refractivity contribution in [2.75, 3.05) is 0 Å². The average Bonchev–Trinajstić information content (AvgIpc) is 1.75. The van der Waals surface area contributed by atoms with Crippen LogP contribution in [0, 0.1) is 11.8 Å². The minimum Gasteiger partial charge on any atom is -0.289 e. The van der Waals surface area contributed by atoms with E-state index in [1.54, 1.807) is 23.5 Å².